The average Bonchev–Trinajstić information content (AvgIpc) is 2.45. The zero-order chi connectivity index (χ0) is 14.8. The molecular formula is C18H20N2O. The number of hydrogen-bond donors (Lipinski definition) is 2. The van der Waals surface area contributed by atoms with Crippen molar-refractivity contribution in [3.8, 4) is 0 Å². The van der Waals surface area contributed by atoms with Gasteiger partial charge in [-0.05, 0) is 54.7 Å². The monoisotopic (exact) mass is 280 g/mol. The van der Waals surface area contributed by atoms with Gasteiger partial charge in [0.15, 0.2) is 0 Å². The van der Waals surface area contributed by atoms with E-state index in [4.69, 9.17) is 0 Å². The Labute approximate surface area is 125 Å². The summed E-state index contributed by atoms with van der Waals surface area (Å²) in [6, 6.07) is 14.2. The molecule has 2 aromatic carbocycles. The molecule has 0 aliphatic carbocycles. The molecule has 1 amide bonds. The van der Waals surface area contributed by atoms with Gasteiger partial charge >= 0.3 is 0 Å². The number of amides is 1. The van der Waals surface area contributed by atoms with Crippen molar-refractivity contribution >= 4 is 11.6 Å². The predicted molar refractivity (Wildman–Crippen MR) is 85.3 cm³/mol. The molecule has 0 radical (unpaired) electrons. The zero-order valence-corrected chi connectivity index (χ0v) is 12.4. The Hall–Kier alpha value is -2.13. The number of hydrogen-bond acceptors (Lipinski definition) is 2. The van der Waals surface area contributed by atoms with Gasteiger partial charge in [0.25, 0.3) is 0 Å². The molecule has 21 heavy (non-hydrogen) atoms. The van der Waals surface area contributed by atoms with Gasteiger partial charge in [-0.25, -0.2) is 0 Å². The van der Waals surface area contributed by atoms with Crippen LogP contribution in [0.15, 0.2) is 42.5 Å². The molecule has 1 aliphatic heterocycles. The first-order valence-corrected chi connectivity index (χ1v) is 7.31. The Kier molecular flexibility index (Phi) is 3.76. The van der Waals surface area contributed by atoms with Gasteiger partial charge in [0.2, 0.25) is 5.91 Å². The van der Waals surface area contributed by atoms with Crippen LogP contribution in [0.3, 0.4) is 0 Å². The van der Waals surface area contributed by atoms with Gasteiger partial charge in [-0.2, -0.15) is 0 Å². The summed E-state index contributed by atoms with van der Waals surface area (Å²) in [7, 11) is 0. The summed E-state index contributed by atoms with van der Waals surface area (Å²) in [4.78, 5) is 12.4. The summed E-state index contributed by atoms with van der Waals surface area (Å²) in [6.45, 7) is 4.83. The zero-order valence-electron chi connectivity index (χ0n) is 12.4. The van der Waals surface area contributed by atoms with E-state index in [1.807, 2.05) is 38.1 Å². The number of carbonyl (C=O) groups excluding carboxylic acids is 1. The molecular weight excluding hydrogens is 260 g/mol. The number of aryl methyl sites for hydroxylation is 2. The van der Waals surface area contributed by atoms with Crippen LogP contribution in [0.25, 0.3) is 0 Å². The van der Waals surface area contributed by atoms with Crippen LogP contribution in [-0.2, 0) is 17.8 Å². The molecule has 1 aliphatic rings. The molecule has 0 bridgehead atoms. The van der Waals surface area contributed by atoms with E-state index in [0.29, 0.717) is 0 Å². The first-order chi connectivity index (χ1) is 10.1. The smallest absolute Gasteiger partial charge is 0.241 e. The maximum absolute atomic E-state index is 12.4. The molecule has 0 saturated heterocycles. The lowest BCUT2D eigenvalue weighted by Gasteiger charge is -2.25. The second kappa shape index (κ2) is 5.70. The number of nitrogens with one attached hydrogen (secondary N) is 2. The Morgan fingerprint density at radius 2 is 1.76 bits per heavy atom. The third kappa shape index (κ3) is 3.14. The standard InChI is InChI=1S/C18H20N2O/c1-12-7-13(2)9-16(8-12)20-18(21)17-10-14-5-3-4-6-15(14)11-19-17/h3-9,17,19H,10-11H2,1-2H3,(H,20,21)/t17-/m0/s1. The van der Waals surface area contributed by atoms with Crippen LogP contribution in [0.5, 0.6) is 0 Å². The average molecular weight is 280 g/mol. The molecule has 1 atom stereocenters. The van der Waals surface area contributed by atoms with Crippen molar-refractivity contribution in [3.63, 3.8) is 0 Å². The van der Waals surface area contributed by atoms with Crippen molar-refractivity contribution in [1.82, 2.24) is 5.32 Å². The lowest BCUT2D eigenvalue weighted by Crippen LogP contribution is -2.44. The van der Waals surface area contributed by atoms with Crippen molar-refractivity contribution in [2.24, 2.45) is 0 Å². The van der Waals surface area contributed by atoms with E-state index in [-0.39, 0.29) is 11.9 Å². The molecule has 0 aromatic heterocycles. The highest BCUT2D eigenvalue weighted by Gasteiger charge is 2.23. The molecule has 2 aromatic rings. The maximum atomic E-state index is 12.4. The van der Waals surface area contributed by atoms with Crippen LogP contribution < -0.4 is 10.6 Å². The van der Waals surface area contributed by atoms with Crippen LogP contribution >= 0.6 is 0 Å². The van der Waals surface area contributed by atoms with Gasteiger partial charge in [-0.3, -0.25) is 4.79 Å². The van der Waals surface area contributed by atoms with E-state index < -0.39 is 0 Å². The summed E-state index contributed by atoms with van der Waals surface area (Å²) in [6.07, 6.45) is 0.743. The summed E-state index contributed by atoms with van der Waals surface area (Å²) >= 11 is 0. The van der Waals surface area contributed by atoms with Gasteiger partial charge in [-0.1, -0.05) is 30.3 Å². The molecule has 108 valence electrons. The van der Waals surface area contributed by atoms with Gasteiger partial charge in [0.05, 0.1) is 6.04 Å². The minimum Gasteiger partial charge on any atom is -0.325 e. The molecule has 3 heteroatoms. The molecule has 3 nitrogen and oxygen atoms in total. The molecule has 0 fully saturated rings. The fraction of sp³-hybridized carbons (Fsp3) is 0.278. The molecule has 0 saturated carbocycles. The molecule has 1 heterocycles. The summed E-state index contributed by atoms with van der Waals surface area (Å²) in [5.74, 6) is 0.0366. The number of carbonyl (C=O) groups is 1. The van der Waals surface area contributed by atoms with E-state index in [0.717, 1.165) is 29.8 Å². The number of benzene rings is 2. The van der Waals surface area contributed by atoms with E-state index in [1.165, 1.54) is 11.1 Å². The van der Waals surface area contributed by atoms with Crippen molar-refractivity contribution in [3.05, 3.63) is 64.7 Å². The fourth-order valence-corrected chi connectivity index (χ4v) is 2.92. The molecule has 3 rings (SSSR count). The van der Waals surface area contributed by atoms with Gasteiger partial charge in [0, 0.05) is 12.2 Å². The van der Waals surface area contributed by atoms with Crippen LogP contribution in [-0.4, -0.2) is 11.9 Å². The highest BCUT2D eigenvalue weighted by molar-refractivity contribution is 5.95. The quantitative estimate of drug-likeness (QED) is 0.888. The summed E-state index contributed by atoms with van der Waals surface area (Å²) < 4.78 is 0. The Bertz CT molecular complexity index is 658. The van der Waals surface area contributed by atoms with Crippen molar-refractivity contribution in [2.45, 2.75) is 32.9 Å². The third-order valence-electron chi connectivity index (χ3n) is 3.89. The second-order valence-electron chi connectivity index (χ2n) is 5.77. The molecule has 2 N–H and O–H groups in total. The van der Waals surface area contributed by atoms with Crippen molar-refractivity contribution in [1.29, 1.82) is 0 Å². The van der Waals surface area contributed by atoms with Crippen molar-refractivity contribution < 1.29 is 4.79 Å². The minimum atomic E-state index is -0.166. The minimum absolute atomic E-state index is 0.0366. The van der Waals surface area contributed by atoms with Gasteiger partial charge in [0.1, 0.15) is 0 Å². The first-order valence-electron chi connectivity index (χ1n) is 7.31. The summed E-state index contributed by atoms with van der Waals surface area (Å²) in [5.41, 5.74) is 5.74. The first kappa shape index (κ1) is 13.8. The van der Waals surface area contributed by atoms with E-state index in [9.17, 15) is 4.79 Å². The lowest BCUT2D eigenvalue weighted by molar-refractivity contribution is -0.118. The number of fused-ring (bicyclic) bond motifs is 1. The second-order valence-corrected chi connectivity index (χ2v) is 5.77. The van der Waals surface area contributed by atoms with Crippen LogP contribution in [0.1, 0.15) is 22.3 Å². The van der Waals surface area contributed by atoms with Gasteiger partial charge in [-0.15, -0.1) is 0 Å². The van der Waals surface area contributed by atoms with Gasteiger partial charge < -0.3 is 10.6 Å². The Morgan fingerprint density at radius 3 is 2.48 bits per heavy atom. The highest BCUT2D eigenvalue weighted by Crippen LogP contribution is 2.18. The molecule has 0 spiro atoms. The third-order valence-corrected chi connectivity index (χ3v) is 3.89. The SMILES string of the molecule is Cc1cc(C)cc(NC(=O)[C@@H]2Cc3ccccc3CN2)c1. The van der Waals surface area contributed by atoms with Crippen molar-refractivity contribution in [2.75, 3.05) is 5.32 Å². The lowest BCUT2D eigenvalue weighted by atomic mass is 9.95. The van der Waals surface area contributed by atoms with Crippen LogP contribution in [0.2, 0.25) is 0 Å². The largest absolute Gasteiger partial charge is 0.325 e. The topological polar surface area (TPSA) is 41.1 Å². The number of rotatable bonds is 2. The van der Waals surface area contributed by atoms with E-state index in [2.05, 4.69) is 28.8 Å². The normalized spacial score (nSPS) is 17.1. The predicted octanol–water partition coefficient (Wildman–Crippen LogP) is 2.96. The Morgan fingerprint density at radius 1 is 1.10 bits per heavy atom. The summed E-state index contributed by atoms with van der Waals surface area (Å²) in [5, 5.41) is 6.34. The van der Waals surface area contributed by atoms with Crippen LogP contribution in [0, 0.1) is 13.8 Å². The Balaban J connectivity index is 1.72. The molecule has 0 unspecified atom stereocenters. The van der Waals surface area contributed by atoms with E-state index >= 15 is 0 Å². The maximum Gasteiger partial charge on any atom is 0.241 e. The number of anilines is 1. The fourth-order valence-electron chi connectivity index (χ4n) is 2.92. The highest BCUT2D eigenvalue weighted by atomic mass is 16.2. The van der Waals surface area contributed by atoms with Crippen LogP contribution in [0.4, 0.5) is 5.69 Å². The van der Waals surface area contributed by atoms with E-state index in [1.54, 1.807) is 0 Å².